The highest BCUT2D eigenvalue weighted by atomic mass is 79.9. The van der Waals surface area contributed by atoms with Crippen molar-refractivity contribution in [2.24, 2.45) is 5.41 Å². The summed E-state index contributed by atoms with van der Waals surface area (Å²) in [5.74, 6) is 0.961. The van der Waals surface area contributed by atoms with E-state index >= 15 is 0 Å². The molecule has 17 heavy (non-hydrogen) atoms. The molecule has 0 N–H and O–H groups in total. The lowest BCUT2D eigenvalue weighted by molar-refractivity contribution is -0.387. The summed E-state index contributed by atoms with van der Waals surface area (Å²) in [5.41, 5.74) is 0.579. The molecule has 3 nitrogen and oxygen atoms in total. The van der Waals surface area contributed by atoms with Crippen molar-refractivity contribution in [3.8, 4) is 0 Å². The van der Waals surface area contributed by atoms with Crippen LogP contribution in [0, 0.1) is 15.5 Å². The minimum atomic E-state index is -0.302. The van der Waals surface area contributed by atoms with E-state index in [9.17, 15) is 10.1 Å². The first kappa shape index (κ1) is 12.9. The van der Waals surface area contributed by atoms with Gasteiger partial charge in [-0.1, -0.05) is 34.5 Å². The van der Waals surface area contributed by atoms with Gasteiger partial charge in [0.2, 0.25) is 0 Å². The van der Waals surface area contributed by atoms with Crippen molar-refractivity contribution in [1.82, 2.24) is 0 Å². The van der Waals surface area contributed by atoms with Crippen molar-refractivity contribution in [3.63, 3.8) is 0 Å². The Balaban J connectivity index is 2.06. The van der Waals surface area contributed by atoms with Gasteiger partial charge in [-0.3, -0.25) is 10.1 Å². The maximum Gasteiger partial charge on any atom is 0.282 e. The molecule has 92 valence electrons. The average molecular weight is 316 g/mol. The second kappa shape index (κ2) is 5.40. The summed E-state index contributed by atoms with van der Waals surface area (Å²) in [6.45, 7) is 0. The Kier molecular flexibility index (Phi) is 4.09. The van der Waals surface area contributed by atoms with E-state index in [2.05, 4.69) is 15.9 Å². The van der Waals surface area contributed by atoms with Crippen LogP contribution < -0.4 is 0 Å². The van der Waals surface area contributed by atoms with Crippen molar-refractivity contribution in [3.05, 3.63) is 34.4 Å². The van der Waals surface area contributed by atoms with Crippen molar-refractivity contribution >= 4 is 33.4 Å². The predicted molar refractivity (Wildman–Crippen MR) is 73.9 cm³/mol. The number of nitro groups is 1. The molecule has 0 heterocycles. The van der Waals surface area contributed by atoms with Crippen LogP contribution >= 0.6 is 27.7 Å². The molecule has 0 radical (unpaired) electrons. The topological polar surface area (TPSA) is 43.1 Å². The van der Waals surface area contributed by atoms with Gasteiger partial charge in [0.05, 0.1) is 9.82 Å². The van der Waals surface area contributed by atoms with E-state index in [1.165, 1.54) is 19.3 Å². The standard InChI is InChI=1S/C12H14BrNO2S/c13-8-12(6-3-7-12)9-17-11-5-2-1-4-10(11)14(15)16/h1-2,4-5H,3,6-9H2. The van der Waals surface area contributed by atoms with E-state index in [-0.39, 0.29) is 10.6 Å². The summed E-state index contributed by atoms with van der Waals surface area (Å²) in [6, 6.07) is 6.98. The highest BCUT2D eigenvalue weighted by molar-refractivity contribution is 9.09. The third-order valence-electron chi connectivity index (χ3n) is 3.29. The molecule has 1 fully saturated rings. The van der Waals surface area contributed by atoms with Gasteiger partial charge in [-0.2, -0.15) is 0 Å². The molecule has 0 atom stereocenters. The lowest BCUT2D eigenvalue weighted by Crippen LogP contribution is -2.33. The van der Waals surface area contributed by atoms with Gasteiger partial charge in [-0.15, -0.1) is 11.8 Å². The van der Waals surface area contributed by atoms with Crippen molar-refractivity contribution < 1.29 is 4.92 Å². The maximum absolute atomic E-state index is 10.9. The molecule has 2 rings (SSSR count). The minimum Gasteiger partial charge on any atom is -0.258 e. The fraction of sp³-hybridized carbons (Fsp3) is 0.500. The highest BCUT2D eigenvalue weighted by Crippen LogP contribution is 2.46. The van der Waals surface area contributed by atoms with Gasteiger partial charge in [0.1, 0.15) is 0 Å². The van der Waals surface area contributed by atoms with E-state index in [0.29, 0.717) is 5.41 Å². The summed E-state index contributed by atoms with van der Waals surface area (Å²) in [6.07, 6.45) is 3.74. The first-order valence-corrected chi connectivity index (χ1v) is 7.70. The van der Waals surface area contributed by atoms with Crippen LogP contribution in [0.2, 0.25) is 0 Å². The van der Waals surface area contributed by atoms with Crippen LogP contribution in [-0.2, 0) is 0 Å². The van der Waals surface area contributed by atoms with Gasteiger partial charge in [-0.05, 0) is 24.3 Å². The molecule has 0 spiro atoms. The van der Waals surface area contributed by atoms with Crippen molar-refractivity contribution in [2.45, 2.75) is 24.2 Å². The minimum absolute atomic E-state index is 0.224. The number of thioether (sulfide) groups is 1. The van der Waals surface area contributed by atoms with Gasteiger partial charge >= 0.3 is 0 Å². The van der Waals surface area contributed by atoms with E-state index in [0.717, 1.165) is 16.0 Å². The van der Waals surface area contributed by atoms with Gasteiger partial charge in [0.25, 0.3) is 5.69 Å². The Morgan fingerprint density at radius 1 is 1.41 bits per heavy atom. The Hall–Kier alpha value is -0.550. The molecule has 0 amide bonds. The number of alkyl halides is 1. The van der Waals surface area contributed by atoms with Crippen molar-refractivity contribution in [2.75, 3.05) is 11.1 Å². The lowest BCUT2D eigenvalue weighted by Gasteiger charge is -2.40. The molecular formula is C12H14BrNO2S. The molecule has 0 aliphatic heterocycles. The Morgan fingerprint density at radius 2 is 2.12 bits per heavy atom. The van der Waals surface area contributed by atoms with Crippen LogP contribution in [0.15, 0.2) is 29.2 Å². The quantitative estimate of drug-likeness (QED) is 0.353. The van der Waals surface area contributed by atoms with Gasteiger partial charge in [0, 0.05) is 17.1 Å². The van der Waals surface area contributed by atoms with Gasteiger partial charge < -0.3 is 0 Å². The molecule has 0 bridgehead atoms. The van der Waals surface area contributed by atoms with Crippen LogP contribution in [0.4, 0.5) is 5.69 Å². The normalized spacial score (nSPS) is 17.5. The SMILES string of the molecule is O=[N+]([O-])c1ccccc1SCC1(CBr)CCC1. The van der Waals surface area contributed by atoms with E-state index in [4.69, 9.17) is 0 Å². The van der Waals surface area contributed by atoms with E-state index < -0.39 is 0 Å². The van der Waals surface area contributed by atoms with Crippen molar-refractivity contribution in [1.29, 1.82) is 0 Å². The zero-order valence-electron chi connectivity index (χ0n) is 9.39. The monoisotopic (exact) mass is 315 g/mol. The first-order chi connectivity index (χ1) is 8.17. The van der Waals surface area contributed by atoms with Crippen LogP contribution in [0.3, 0.4) is 0 Å². The third-order valence-corrected chi connectivity index (χ3v) is 5.90. The summed E-state index contributed by atoms with van der Waals surface area (Å²) in [4.78, 5) is 11.4. The number of hydrogen-bond acceptors (Lipinski definition) is 3. The van der Waals surface area contributed by atoms with Crippen LogP contribution in [-0.4, -0.2) is 16.0 Å². The second-order valence-electron chi connectivity index (χ2n) is 4.50. The molecule has 5 heteroatoms. The molecule has 1 aliphatic rings. The van der Waals surface area contributed by atoms with Gasteiger partial charge in [0.15, 0.2) is 0 Å². The number of rotatable bonds is 5. The second-order valence-corrected chi connectivity index (χ2v) is 6.08. The lowest BCUT2D eigenvalue weighted by atomic mass is 9.72. The zero-order valence-corrected chi connectivity index (χ0v) is 11.8. The zero-order chi connectivity index (χ0) is 12.3. The third kappa shape index (κ3) is 2.83. The first-order valence-electron chi connectivity index (χ1n) is 5.59. The Morgan fingerprint density at radius 3 is 2.65 bits per heavy atom. The number of para-hydroxylation sites is 1. The fourth-order valence-corrected chi connectivity index (χ4v) is 4.29. The highest BCUT2D eigenvalue weighted by Gasteiger charge is 2.36. The maximum atomic E-state index is 10.9. The molecule has 1 aliphatic carbocycles. The van der Waals surface area contributed by atoms with Crippen LogP contribution in [0.25, 0.3) is 0 Å². The molecular weight excluding hydrogens is 302 g/mol. The number of nitrogens with zero attached hydrogens (tertiary/aromatic N) is 1. The number of halogens is 1. The summed E-state index contributed by atoms with van der Waals surface area (Å²) in [5, 5.41) is 11.9. The summed E-state index contributed by atoms with van der Waals surface area (Å²) in [7, 11) is 0. The fourth-order valence-electron chi connectivity index (χ4n) is 1.95. The van der Waals surface area contributed by atoms with Crippen LogP contribution in [0.1, 0.15) is 19.3 Å². The van der Waals surface area contributed by atoms with Crippen LogP contribution in [0.5, 0.6) is 0 Å². The summed E-state index contributed by atoms with van der Waals surface area (Å²) >= 11 is 5.17. The molecule has 1 aromatic carbocycles. The Bertz CT molecular complexity index is 415. The Labute approximate surface area is 113 Å². The molecule has 0 unspecified atom stereocenters. The molecule has 0 saturated heterocycles. The molecule has 1 aromatic rings. The summed E-state index contributed by atoms with van der Waals surface area (Å²) < 4.78 is 0. The van der Waals surface area contributed by atoms with E-state index in [1.807, 2.05) is 12.1 Å². The predicted octanol–water partition coefficient (Wildman–Crippen LogP) is 4.25. The molecule has 0 aromatic heterocycles. The van der Waals surface area contributed by atoms with E-state index in [1.54, 1.807) is 23.9 Å². The number of nitro benzene ring substituents is 1. The average Bonchev–Trinajstić information content (AvgIpc) is 2.28. The molecule has 1 saturated carbocycles. The number of benzene rings is 1. The van der Waals surface area contributed by atoms with Gasteiger partial charge in [-0.25, -0.2) is 0 Å². The smallest absolute Gasteiger partial charge is 0.258 e. The largest absolute Gasteiger partial charge is 0.282 e. The number of hydrogen-bond donors (Lipinski definition) is 0.